The molecule has 2 aliphatic rings. The van der Waals surface area contributed by atoms with Gasteiger partial charge in [-0.05, 0) is 89.6 Å². The molecule has 1 N–H and O–H groups in total. The number of methoxy groups -OCH3 is 1. The minimum Gasteiger partial charge on any atom is -0.493 e. The van der Waals surface area contributed by atoms with Gasteiger partial charge in [0, 0.05) is 29.0 Å². The molecule has 0 bridgehead atoms. The Labute approximate surface area is 226 Å². The minimum absolute atomic E-state index is 0.00930. The van der Waals surface area contributed by atoms with Crippen LogP contribution in [-0.4, -0.2) is 34.1 Å². The molecule has 3 aromatic carbocycles. The molecular formula is C28H29BrN2O5S. The van der Waals surface area contributed by atoms with Crippen LogP contribution in [-0.2, 0) is 14.8 Å². The van der Waals surface area contributed by atoms with Gasteiger partial charge in [-0.25, -0.2) is 8.42 Å². The van der Waals surface area contributed by atoms with Crippen molar-refractivity contribution in [3.8, 4) is 11.5 Å². The Balaban J connectivity index is 1.34. The fraction of sp³-hybridized carbons (Fsp3) is 0.321. The number of benzene rings is 3. The lowest BCUT2D eigenvalue weighted by molar-refractivity contribution is -0.117. The number of carbonyl (C=O) groups excluding carboxylic acids is 1. The Hall–Kier alpha value is -3.04. The molecule has 1 heterocycles. The van der Waals surface area contributed by atoms with Crippen LogP contribution in [0.3, 0.4) is 0 Å². The van der Waals surface area contributed by atoms with Gasteiger partial charge in [0.1, 0.15) is 4.90 Å². The van der Waals surface area contributed by atoms with Crippen molar-refractivity contribution >= 4 is 43.2 Å². The molecule has 3 aromatic rings. The van der Waals surface area contributed by atoms with Crippen molar-refractivity contribution < 1.29 is 22.7 Å². The first-order valence-electron chi connectivity index (χ1n) is 12.4. The molecule has 1 saturated heterocycles. The van der Waals surface area contributed by atoms with Crippen LogP contribution in [0.15, 0.2) is 76.1 Å². The maximum atomic E-state index is 13.0. The van der Waals surface area contributed by atoms with Crippen LogP contribution in [0.2, 0.25) is 0 Å². The van der Waals surface area contributed by atoms with Crippen LogP contribution in [0.1, 0.15) is 43.6 Å². The number of amides is 1. The van der Waals surface area contributed by atoms with E-state index >= 15 is 0 Å². The molecule has 0 radical (unpaired) electrons. The Morgan fingerprint density at radius 3 is 2.51 bits per heavy atom. The van der Waals surface area contributed by atoms with Gasteiger partial charge in [-0.1, -0.05) is 24.3 Å². The Kier molecular flexibility index (Phi) is 7.44. The number of anilines is 2. The second-order valence-corrected chi connectivity index (χ2v) is 11.9. The summed E-state index contributed by atoms with van der Waals surface area (Å²) in [4.78, 5) is 14.9. The van der Waals surface area contributed by atoms with Crippen molar-refractivity contribution in [2.24, 2.45) is 0 Å². The summed E-state index contributed by atoms with van der Waals surface area (Å²) in [6.07, 6.45) is 5.01. The predicted molar refractivity (Wildman–Crippen MR) is 147 cm³/mol. The van der Waals surface area contributed by atoms with Crippen molar-refractivity contribution in [1.29, 1.82) is 0 Å². The van der Waals surface area contributed by atoms with Gasteiger partial charge in [-0.3, -0.25) is 9.52 Å². The van der Waals surface area contributed by atoms with E-state index < -0.39 is 10.0 Å². The number of nitrogens with one attached hydrogen (secondary N) is 1. The molecule has 2 fully saturated rings. The molecule has 5 rings (SSSR count). The molecule has 0 aromatic heterocycles. The number of halogens is 1. The molecule has 37 heavy (non-hydrogen) atoms. The Morgan fingerprint density at radius 1 is 0.973 bits per heavy atom. The first-order valence-corrected chi connectivity index (χ1v) is 14.6. The number of carbonyl (C=O) groups is 1. The molecule has 1 aliphatic heterocycles. The monoisotopic (exact) mass is 584 g/mol. The summed E-state index contributed by atoms with van der Waals surface area (Å²) in [6, 6.07) is 19.5. The topological polar surface area (TPSA) is 84.9 Å². The summed E-state index contributed by atoms with van der Waals surface area (Å²) in [5, 5.41) is 0. The molecule has 0 unspecified atom stereocenters. The quantitative estimate of drug-likeness (QED) is 0.346. The van der Waals surface area contributed by atoms with Crippen molar-refractivity contribution in [3.63, 3.8) is 0 Å². The van der Waals surface area contributed by atoms with E-state index in [2.05, 4.69) is 20.7 Å². The highest BCUT2D eigenvalue weighted by molar-refractivity contribution is 9.10. The zero-order chi connectivity index (χ0) is 26.0. The largest absolute Gasteiger partial charge is 0.493 e. The summed E-state index contributed by atoms with van der Waals surface area (Å²) < 4.78 is 40.7. The van der Waals surface area contributed by atoms with E-state index in [0.717, 1.165) is 24.2 Å². The van der Waals surface area contributed by atoms with Gasteiger partial charge < -0.3 is 14.4 Å². The molecule has 1 aliphatic carbocycles. The van der Waals surface area contributed by atoms with Crippen molar-refractivity contribution in [2.45, 2.75) is 49.0 Å². The van der Waals surface area contributed by atoms with E-state index in [1.54, 1.807) is 48.4 Å². The predicted octanol–water partition coefficient (Wildman–Crippen LogP) is 6.10. The van der Waals surface area contributed by atoms with E-state index in [1.807, 2.05) is 24.3 Å². The van der Waals surface area contributed by atoms with Crippen LogP contribution >= 0.6 is 15.9 Å². The highest BCUT2D eigenvalue weighted by atomic mass is 79.9. The highest BCUT2D eigenvalue weighted by Crippen LogP contribution is 2.38. The van der Waals surface area contributed by atoms with E-state index in [-0.39, 0.29) is 22.8 Å². The van der Waals surface area contributed by atoms with Gasteiger partial charge in [-0.15, -0.1) is 0 Å². The first kappa shape index (κ1) is 25.6. The first-order chi connectivity index (χ1) is 17.8. The number of rotatable bonds is 8. The van der Waals surface area contributed by atoms with Crippen molar-refractivity contribution in [3.05, 3.63) is 76.8 Å². The zero-order valence-electron chi connectivity index (χ0n) is 20.5. The lowest BCUT2D eigenvalue weighted by atomic mass is 9.98. The third-order valence-electron chi connectivity index (χ3n) is 6.92. The number of sulfonamides is 1. The number of ether oxygens (including phenoxy) is 2. The maximum absolute atomic E-state index is 13.0. The van der Waals surface area contributed by atoms with Gasteiger partial charge >= 0.3 is 0 Å². The zero-order valence-corrected chi connectivity index (χ0v) is 22.9. The third kappa shape index (κ3) is 5.62. The molecule has 9 heteroatoms. The van der Waals surface area contributed by atoms with Gasteiger partial charge in [0.2, 0.25) is 5.91 Å². The van der Waals surface area contributed by atoms with Gasteiger partial charge in [-0.2, -0.15) is 0 Å². The second-order valence-electron chi connectivity index (χ2n) is 9.43. The lowest BCUT2D eigenvalue weighted by Gasteiger charge is -2.20. The van der Waals surface area contributed by atoms with Crippen LogP contribution in [0.5, 0.6) is 11.5 Å². The van der Waals surface area contributed by atoms with E-state index in [4.69, 9.17) is 9.47 Å². The molecule has 194 valence electrons. The SMILES string of the molecule is COc1ccc([C@H]2CC(=O)N(c3cccc(NS(=O)(=O)c4ccccc4Br)c3)C2)cc1OC1CCCC1. The summed E-state index contributed by atoms with van der Waals surface area (Å²) in [5.74, 6) is 1.40. The maximum Gasteiger partial charge on any atom is 0.263 e. The highest BCUT2D eigenvalue weighted by Gasteiger charge is 2.32. The Morgan fingerprint density at radius 2 is 1.76 bits per heavy atom. The minimum atomic E-state index is -3.80. The summed E-state index contributed by atoms with van der Waals surface area (Å²) in [6.45, 7) is 0.495. The second kappa shape index (κ2) is 10.8. The van der Waals surface area contributed by atoms with E-state index in [0.29, 0.717) is 34.6 Å². The average Bonchev–Trinajstić information content (AvgIpc) is 3.53. The van der Waals surface area contributed by atoms with Gasteiger partial charge in [0.05, 0.1) is 18.9 Å². The number of hydrogen-bond acceptors (Lipinski definition) is 5. The molecule has 7 nitrogen and oxygen atoms in total. The van der Waals surface area contributed by atoms with Crippen LogP contribution < -0.4 is 19.1 Å². The molecule has 1 saturated carbocycles. The van der Waals surface area contributed by atoms with Crippen LogP contribution in [0, 0.1) is 0 Å². The fourth-order valence-corrected chi connectivity index (χ4v) is 7.07. The third-order valence-corrected chi connectivity index (χ3v) is 9.31. The summed E-state index contributed by atoms with van der Waals surface area (Å²) >= 11 is 3.30. The Bertz CT molecular complexity index is 1410. The standard InChI is InChI=1S/C28H29BrN2O5S/c1-35-25-14-13-19(15-26(25)36-23-9-2-3-10-23)20-16-28(32)31(18-20)22-8-6-7-21(17-22)30-37(33,34)27-12-5-4-11-24(27)29/h4-8,11-15,17,20,23,30H,2-3,9-10,16,18H2,1H3/t20-/m0/s1. The average molecular weight is 586 g/mol. The number of nitrogens with zero attached hydrogens (tertiary/aromatic N) is 1. The van der Waals surface area contributed by atoms with Crippen LogP contribution in [0.4, 0.5) is 11.4 Å². The smallest absolute Gasteiger partial charge is 0.263 e. The normalized spacial score (nSPS) is 18.3. The molecule has 0 spiro atoms. The lowest BCUT2D eigenvalue weighted by Crippen LogP contribution is -2.24. The van der Waals surface area contributed by atoms with Gasteiger partial charge in [0.15, 0.2) is 11.5 Å². The molecular weight excluding hydrogens is 556 g/mol. The van der Waals surface area contributed by atoms with Crippen molar-refractivity contribution in [1.82, 2.24) is 0 Å². The summed E-state index contributed by atoms with van der Waals surface area (Å²) in [7, 11) is -2.17. The molecule has 1 amide bonds. The van der Waals surface area contributed by atoms with E-state index in [9.17, 15) is 13.2 Å². The molecule has 1 atom stereocenters. The summed E-state index contributed by atoms with van der Waals surface area (Å²) in [5.41, 5.74) is 2.06. The van der Waals surface area contributed by atoms with Crippen LogP contribution in [0.25, 0.3) is 0 Å². The number of hydrogen-bond donors (Lipinski definition) is 1. The van der Waals surface area contributed by atoms with Gasteiger partial charge in [0.25, 0.3) is 10.0 Å². The fourth-order valence-electron chi connectivity index (χ4n) is 5.02. The van der Waals surface area contributed by atoms with Crippen molar-refractivity contribution in [2.75, 3.05) is 23.3 Å². The van der Waals surface area contributed by atoms with E-state index in [1.165, 1.54) is 18.9 Å².